The summed E-state index contributed by atoms with van der Waals surface area (Å²) in [5.41, 5.74) is 3.30. The minimum Gasteiger partial charge on any atom is -0.465 e. The topological polar surface area (TPSA) is 53.4 Å². The number of nitrogens with zero attached hydrogens (tertiary/aromatic N) is 2. The molecule has 0 N–H and O–H groups in total. The Morgan fingerprint density at radius 3 is 2.87 bits per heavy atom. The highest BCUT2D eigenvalue weighted by Gasteiger charge is 2.34. The Labute approximate surface area is 182 Å². The predicted octanol–water partition coefficient (Wildman–Crippen LogP) is 5.82. The van der Waals surface area contributed by atoms with Crippen molar-refractivity contribution in [3.63, 3.8) is 0 Å². The molecule has 7 heteroatoms. The summed E-state index contributed by atoms with van der Waals surface area (Å²) in [7, 11) is 1.28. The summed E-state index contributed by atoms with van der Waals surface area (Å²) >= 11 is 1.64. The molecule has 0 amide bonds. The molecule has 1 saturated carbocycles. The summed E-state index contributed by atoms with van der Waals surface area (Å²) in [5, 5.41) is 2.13. The number of ether oxygens (including phenoxy) is 2. The fraction of sp³-hybridized carbons (Fsp3) is 0.250. The lowest BCUT2D eigenvalue weighted by atomic mass is 10.0. The second-order valence-electron chi connectivity index (χ2n) is 8.13. The first-order valence-corrected chi connectivity index (χ1v) is 11.0. The van der Waals surface area contributed by atoms with Crippen LogP contribution in [0.1, 0.15) is 50.8 Å². The number of esters is 1. The van der Waals surface area contributed by atoms with Gasteiger partial charge >= 0.3 is 5.97 Å². The lowest BCUT2D eigenvalue weighted by Crippen LogP contribution is -2.22. The summed E-state index contributed by atoms with van der Waals surface area (Å²) in [6.07, 6.45) is 3.72. The van der Waals surface area contributed by atoms with Crippen molar-refractivity contribution in [2.75, 3.05) is 7.11 Å². The van der Waals surface area contributed by atoms with Gasteiger partial charge in [0.1, 0.15) is 11.6 Å². The molecule has 0 spiro atoms. The van der Waals surface area contributed by atoms with Crippen LogP contribution in [0.15, 0.2) is 42.6 Å². The van der Waals surface area contributed by atoms with E-state index in [0.717, 1.165) is 32.0 Å². The van der Waals surface area contributed by atoms with Crippen LogP contribution in [0.5, 0.6) is 5.75 Å². The zero-order chi connectivity index (χ0) is 21.3. The zero-order valence-electron chi connectivity index (χ0n) is 17.0. The first-order valence-electron chi connectivity index (χ1n) is 10.2. The van der Waals surface area contributed by atoms with Gasteiger partial charge in [0.25, 0.3) is 0 Å². The molecule has 156 valence electrons. The molecule has 2 aliphatic rings. The number of halogens is 1. The average molecular weight is 434 g/mol. The Hall–Kier alpha value is -3.19. The molecule has 1 atom stereocenters. The monoisotopic (exact) mass is 434 g/mol. The van der Waals surface area contributed by atoms with Gasteiger partial charge in [0.05, 0.1) is 39.3 Å². The Bertz CT molecular complexity index is 1370. The van der Waals surface area contributed by atoms with Gasteiger partial charge in [-0.2, -0.15) is 0 Å². The van der Waals surface area contributed by atoms with Crippen LogP contribution in [0.2, 0.25) is 0 Å². The quantitative estimate of drug-likeness (QED) is 0.382. The molecular weight excluding hydrogens is 415 g/mol. The molecule has 6 rings (SSSR count). The number of fused-ring (bicyclic) bond motifs is 5. The predicted molar refractivity (Wildman–Crippen MR) is 116 cm³/mol. The number of aromatic nitrogens is 2. The minimum atomic E-state index is -0.600. The normalized spacial score (nSPS) is 17.2. The molecule has 0 saturated heterocycles. The van der Waals surface area contributed by atoms with Crippen LogP contribution >= 0.6 is 11.3 Å². The van der Waals surface area contributed by atoms with Crippen molar-refractivity contribution >= 4 is 28.2 Å². The van der Waals surface area contributed by atoms with Crippen molar-refractivity contribution in [2.45, 2.75) is 31.9 Å². The van der Waals surface area contributed by atoms with E-state index in [-0.39, 0.29) is 5.56 Å². The first-order chi connectivity index (χ1) is 15.0. The molecule has 1 unspecified atom stereocenters. The van der Waals surface area contributed by atoms with Gasteiger partial charge in [0.15, 0.2) is 0 Å². The van der Waals surface area contributed by atoms with E-state index in [1.54, 1.807) is 17.4 Å². The maximum absolute atomic E-state index is 15.3. The Kier molecular flexibility index (Phi) is 3.99. The number of carbonyl (C=O) groups is 1. The Balaban J connectivity index is 1.59. The average Bonchev–Trinajstić information content (AvgIpc) is 3.37. The molecule has 5 nitrogen and oxygen atoms in total. The third-order valence-electron chi connectivity index (χ3n) is 5.91. The molecule has 4 aromatic rings. The number of aryl methyl sites for hydroxylation is 1. The highest BCUT2D eigenvalue weighted by Crippen LogP contribution is 2.48. The number of carbonyl (C=O) groups excluding carboxylic acids is 1. The van der Waals surface area contributed by atoms with Crippen LogP contribution in [-0.4, -0.2) is 22.6 Å². The summed E-state index contributed by atoms with van der Waals surface area (Å²) in [5.74, 6) is -0.238. The van der Waals surface area contributed by atoms with E-state index in [0.29, 0.717) is 17.2 Å². The minimum absolute atomic E-state index is 0.126. The van der Waals surface area contributed by atoms with Gasteiger partial charge in [-0.25, -0.2) is 14.2 Å². The van der Waals surface area contributed by atoms with E-state index in [1.807, 2.05) is 35.9 Å². The summed E-state index contributed by atoms with van der Waals surface area (Å²) in [4.78, 5) is 17.6. The summed E-state index contributed by atoms with van der Waals surface area (Å²) < 4.78 is 28.4. The second kappa shape index (κ2) is 6.65. The van der Waals surface area contributed by atoms with Crippen molar-refractivity contribution in [3.05, 3.63) is 69.4 Å². The van der Waals surface area contributed by atoms with Crippen LogP contribution in [0, 0.1) is 12.7 Å². The van der Waals surface area contributed by atoms with Gasteiger partial charge in [-0.3, -0.25) is 4.57 Å². The number of thiazole rings is 1. The first kappa shape index (κ1) is 18.6. The second-order valence-corrected chi connectivity index (χ2v) is 9.22. The van der Waals surface area contributed by atoms with Crippen molar-refractivity contribution in [3.8, 4) is 17.0 Å². The molecule has 0 bridgehead atoms. The maximum Gasteiger partial charge on any atom is 0.338 e. The summed E-state index contributed by atoms with van der Waals surface area (Å²) in [6.45, 7) is 2.03. The SMILES string of the molecule is COC(=O)c1cc(F)c2c(c1)OC(c1cnc(C3CC3)s1)n1c-2cc2cc(C)ccc21. The van der Waals surface area contributed by atoms with E-state index in [1.165, 1.54) is 26.0 Å². The Morgan fingerprint density at radius 2 is 2.10 bits per heavy atom. The van der Waals surface area contributed by atoms with Crippen molar-refractivity contribution in [1.29, 1.82) is 0 Å². The third-order valence-corrected chi connectivity index (χ3v) is 7.10. The van der Waals surface area contributed by atoms with Crippen LogP contribution < -0.4 is 4.74 Å². The molecule has 0 radical (unpaired) electrons. The van der Waals surface area contributed by atoms with E-state index in [2.05, 4.69) is 11.1 Å². The van der Waals surface area contributed by atoms with E-state index in [4.69, 9.17) is 9.47 Å². The number of methoxy groups -OCH3 is 1. The van der Waals surface area contributed by atoms with Gasteiger partial charge in [-0.1, -0.05) is 11.6 Å². The molecule has 1 fully saturated rings. The molecule has 2 aromatic heterocycles. The van der Waals surface area contributed by atoms with E-state index < -0.39 is 18.0 Å². The largest absolute Gasteiger partial charge is 0.465 e. The lowest BCUT2D eigenvalue weighted by molar-refractivity contribution is 0.0599. The van der Waals surface area contributed by atoms with Crippen molar-refractivity contribution in [1.82, 2.24) is 9.55 Å². The smallest absolute Gasteiger partial charge is 0.338 e. The fourth-order valence-corrected chi connectivity index (χ4v) is 5.36. The van der Waals surface area contributed by atoms with E-state index in [9.17, 15) is 4.79 Å². The standard InChI is InChI=1S/C24H19FN2O3S/c1-12-3-6-17-14(7-12)9-18-21-16(25)8-15(24(28)29-2)10-19(21)30-23(27(17)18)20-11-26-22(31-20)13-4-5-13/h3,6-11,13,23H,4-5H2,1-2H3. The zero-order valence-corrected chi connectivity index (χ0v) is 17.8. The van der Waals surface area contributed by atoms with Gasteiger partial charge in [-0.15, -0.1) is 11.3 Å². The van der Waals surface area contributed by atoms with Crippen molar-refractivity contribution in [2.24, 2.45) is 0 Å². The highest BCUT2D eigenvalue weighted by molar-refractivity contribution is 7.11. The highest BCUT2D eigenvalue weighted by atomic mass is 32.1. The number of benzene rings is 2. The molecule has 31 heavy (non-hydrogen) atoms. The molecule has 3 heterocycles. The van der Waals surface area contributed by atoms with Crippen LogP contribution in [0.4, 0.5) is 4.39 Å². The molecule has 1 aliphatic carbocycles. The van der Waals surface area contributed by atoms with E-state index >= 15 is 4.39 Å². The van der Waals surface area contributed by atoms with Crippen LogP contribution in [0.3, 0.4) is 0 Å². The van der Waals surface area contributed by atoms with Gasteiger partial charge in [-0.05, 0) is 50.1 Å². The lowest BCUT2D eigenvalue weighted by Gasteiger charge is -2.29. The molecule has 2 aromatic carbocycles. The van der Waals surface area contributed by atoms with Gasteiger partial charge in [0.2, 0.25) is 6.23 Å². The van der Waals surface area contributed by atoms with Crippen LogP contribution in [-0.2, 0) is 4.74 Å². The maximum atomic E-state index is 15.3. The number of rotatable bonds is 3. The van der Waals surface area contributed by atoms with Crippen molar-refractivity contribution < 1.29 is 18.7 Å². The third kappa shape index (κ3) is 2.87. The summed E-state index contributed by atoms with van der Waals surface area (Å²) in [6, 6.07) is 10.9. The number of hydrogen-bond acceptors (Lipinski definition) is 5. The molecule has 1 aliphatic heterocycles. The number of hydrogen-bond donors (Lipinski definition) is 0. The van der Waals surface area contributed by atoms with Gasteiger partial charge in [0, 0.05) is 17.5 Å². The molecular formula is C24H19FN2O3S. The van der Waals surface area contributed by atoms with Crippen LogP contribution in [0.25, 0.3) is 22.2 Å². The van der Waals surface area contributed by atoms with Gasteiger partial charge < -0.3 is 9.47 Å². The fourth-order valence-electron chi connectivity index (χ4n) is 4.25. The Morgan fingerprint density at radius 1 is 1.26 bits per heavy atom.